The third-order valence-electron chi connectivity index (χ3n) is 5.24. The quantitative estimate of drug-likeness (QED) is 0.378. The molecule has 0 atom stereocenters. The van der Waals surface area contributed by atoms with Crippen LogP contribution in [-0.4, -0.2) is 28.6 Å². The standard InChI is InChI=1S/C25H27N3O3/c1-19-9-2-5-12-22(19)30-17-7-6-16-28-21-11-4-3-10-20(21)27-24(28)14-15-26-25(29)23-13-8-18-31-23/h2-5,8-13,18H,6-7,14-17H2,1H3,(H,26,29). The minimum Gasteiger partial charge on any atom is -0.493 e. The van der Waals surface area contributed by atoms with Crippen LogP contribution >= 0.6 is 0 Å². The van der Waals surface area contributed by atoms with Crippen LogP contribution in [0, 0.1) is 6.92 Å². The van der Waals surface area contributed by atoms with Crippen molar-refractivity contribution >= 4 is 16.9 Å². The number of unbranched alkanes of at least 4 members (excludes halogenated alkanes) is 1. The summed E-state index contributed by atoms with van der Waals surface area (Å²) in [6.45, 7) is 4.11. The lowest BCUT2D eigenvalue weighted by Crippen LogP contribution is -2.26. The molecule has 1 N–H and O–H groups in total. The number of nitrogens with one attached hydrogen (secondary N) is 1. The molecule has 2 aromatic carbocycles. The molecule has 0 aliphatic rings. The summed E-state index contributed by atoms with van der Waals surface area (Å²) in [5, 5.41) is 2.90. The van der Waals surface area contributed by atoms with Gasteiger partial charge in [-0.3, -0.25) is 4.79 Å². The van der Waals surface area contributed by atoms with E-state index in [0.717, 1.165) is 47.6 Å². The topological polar surface area (TPSA) is 69.3 Å². The Morgan fingerprint density at radius 3 is 2.74 bits per heavy atom. The molecule has 6 heteroatoms. The number of furan rings is 1. The number of benzene rings is 2. The van der Waals surface area contributed by atoms with Gasteiger partial charge in [0.05, 0.1) is 23.9 Å². The number of aryl methyl sites for hydroxylation is 2. The summed E-state index contributed by atoms with van der Waals surface area (Å²) in [6, 6.07) is 19.6. The van der Waals surface area contributed by atoms with Crippen LogP contribution in [0.2, 0.25) is 0 Å². The monoisotopic (exact) mass is 417 g/mol. The molecular weight excluding hydrogens is 390 g/mol. The molecule has 0 aliphatic carbocycles. The van der Waals surface area contributed by atoms with Crippen LogP contribution in [0.25, 0.3) is 11.0 Å². The second-order valence-electron chi connectivity index (χ2n) is 7.47. The molecule has 0 spiro atoms. The Bertz CT molecular complexity index is 1130. The van der Waals surface area contributed by atoms with Crippen LogP contribution in [0.4, 0.5) is 0 Å². The van der Waals surface area contributed by atoms with E-state index in [1.165, 1.54) is 6.26 Å². The maximum atomic E-state index is 12.1. The fourth-order valence-corrected chi connectivity index (χ4v) is 3.62. The summed E-state index contributed by atoms with van der Waals surface area (Å²) in [4.78, 5) is 16.9. The van der Waals surface area contributed by atoms with E-state index in [1.54, 1.807) is 12.1 Å². The summed E-state index contributed by atoms with van der Waals surface area (Å²) < 4.78 is 13.3. The van der Waals surface area contributed by atoms with Gasteiger partial charge in [-0.1, -0.05) is 30.3 Å². The molecule has 0 saturated heterocycles. The fourth-order valence-electron chi connectivity index (χ4n) is 3.62. The molecule has 2 aromatic heterocycles. The average molecular weight is 418 g/mol. The number of carbonyl (C=O) groups is 1. The van der Waals surface area contributed by atoms with Gasteiger partial charge in [0, 0.05) is 19.5 Å². The first-order valence-electron chi connectivity index (χ1n) is 10.7. The van der Waals surface area contributed by atoms with Gasteiger partial charge in [-0.25, -0.2) is 4.98 Å². The summed E-state index contributed by atoms with van der Waals surface area (Å²) in [6.07, 6.45) is 4.09. The summed E-state index contributed by atoms with van der Waals surface area (Å²) in [5.41, 5.74) is 3.25. The number of hydrogen-bond donors (Lipinski definition) is 1. The highest BCUT2D eigenvalue weighted by Crippen LogP contribution is 2.19. The van der Waals surface area contributed by atoms with Crippen molar-refractivity contribution in [3.8, 4) is 5.75 Å². The van der Waals surface area contributed by atoms with Gasteiger partial charge in [0.15, 0.2) is 5.76 Å². The van der Waals surface area contributed by atoms with Gasteiger partial charge in [-0.2, -0.15) is 0 Å². The van der Waals surface area contributed by atoms with Crippen LogP contribution in [0.1, 0.15) is 34.8 Å². The minimum absolute atomic E-state index is 0.207. The molecule has 4 rings (SSSR count). The van der Waals surface area contributed by atoms with Crippen molar-refractivity contribution in [3.05, 3.63) is 84.1 Å². The molecule has 160 valence electrons. The highest BCUT2D eigenvalue weighted by atomic mass is 16.5. The zero-order chi connectivity index (χ0) is 21.5. The number of para-hydroxylation sites is 3. The van der Waals surface area contributed by atoms with Crippen LogP contribution < -0.4 is 10.1 Å². The third kappa shape index (κ3) is 5.15. The van der Waals surface area contributed by atoms with Gasteiger partial charge in [0.1, 0.15) is 11.6 Å². The lowest BCUT2D eigenvalue weighted by molar-refractivity contribution is 0.0926. The second kappa shape index (κ2) is 9.98. The minimum atomic E-state index is -0.207. The van der Waals surface area contributed by atoms with Gasteiger partial charge in [0.25, 0.3) is 5.91 Å². The maximum absolute atomic E-state index is 12.1. The molecule has 0 unspecified atom stereocenters. The highest BCUT2D eigenvalue weighted by Gasteiger charge is 2.12. The normalized spacial score (nSPS) is 11.0. The Kier molecular flexibility index (Phi) is 6.67. The van der Waals surface area contributed by atoms with Gasteiger partial charge >= 0.3 is 0 Å². The highest BCUT2D eigenvalue weighted by molar-refractivity contribution is 5.91. The molecule has 0 bridgehead atoms. The Morgan fingerprint density at radius 1 is 1.06 bits per heavy atom. The summed E-state index contributed by atoms with van der Waals surface area (Å²) in [5.74, 6) is 2.03. The molecule has 4 aromatic rings. The van der Waals surface area contributed by atoms with Crippen LogP contribution in [-0.2, 0) is 13.0 Å². The Hall–Kier alpha value is -3.54. The van der Waals surface area contributed by atoms with E-state index in [-0.39, 0.29) is 5.91 Å². The van der Waals surface area contributed by atoms with Crippen LogP contribution in [0.3, 0.4) is 0 Å². The van der Waals surface area contributed by atoms with Crippen molar-refractivity contribution in [2.24, 2.45) is 0 Å². The van der Waals surface area contributed by atoms with Crippen molar-refractivity contribution in [2.45, 2.75) is 32.7 Å². The number of hydrogen-bond acceptors (Lipinski definition) is 4. The van der Waals surface area contributed by atoms with E-state index in [0.29, 0.717) is 25.3 Å². The molecule has 0 fully saturated rings. The second-order valence-corrected chi connectivity index (χ2v) is 7.47. The first-order chi connectivity index (χ1) is 15.2. The number of fused-ring (bicyclic) bond motifs is 1. The number of aromatic nitrogens is 2. The number of amides is 1. The molecule has 0 aliphatic heterocycles. The van der Waals surface area contributed by atoms with Crippen molar-refractivity contribution in [3.63, 3.8) is 0 Å². The Labute approximate surface area is 181 Å². The van der Waals surface area contributed by atoms with Crippen molar-refractivity contribution in [1.29, 1.82) is 0 Å². The molecular formula is C25H27N3O3. The summed E-state index contributed by atoms with van der Waals surface area (Å²) in [7, 11) is 0. The number of ether oxygens (including phenoxy) is 1. The van der Waals surface area contributed by atoms with Gasteiger partial charge in [0.2, 0.25) is 0 Å². The lowest BCUT2D eigenvalue weighted by atomic mass is 10.2. The van der Waals surface area contributed by atoms with E-state index < -0.39 is 0 Å². The fraction of sp³-hybridized carbons (Fsp3) is 0.280. The average Bonchev–Trinajstić information content (AvgIpc) is 3.43. The van der Waals surface area contributed by atoms with Crippen LogP contribution in [0.5, 0.6) is 5.75 Å². The molecule has 31 heavy (non-hydrogen) atoms. The smallest absolute Gasteiger partial charge is 0.286 e. The molecule has 0 radical (unpaired) electrons. The Morgan fingerprint density at radius 2 is 1.90 bits per heavy atom. The first-order valence-corrected chi connectivity index (χ1v) is 10.7. The van der Waals surface area contributed by atoms with E-state index in [2.05, 4.69) is 28.9 Å². The molecule has 2 heterocycles. The number of carbonyl (C=O) groups excluding carboxylic acids is 1. The van der Waals surface area contributed by atoms with Gasteiger partial charge in [-0.15, -0.1) is 0 Å². The first kappa shape index (κ1) is 20.7. The van der Waals surface area contributed by atoms with Crippen molar-refractivity contribution in [2.75, 3.05) is 13.2 Å². The van der Waals surface area contributed by atoms with E-state index in [4.69, 9.17) is 14.1 Å². The van der Waals surface area contributed by atoms with Crippen LogP contribution in [0.15, 0.2) is 71.3 Å². The van der Waals surface area contributed by atoms with Gasteiger partial charge < -0.3 is 19.0 Å². The third-order valence-corrected chi connectivity index (χ3v) is 5.24. The number of imidazole rings is 1. The van der Waals surface area contributed by atoms with E-state index >= 15 is 0 Å². The summed E-state index contributed by atoms with van der Waals surface area (Å²) >= 11 is 0. The van der Waals surface area contributed by atoms with E-state index in [9.17, 15) is 4.79 Å². The molecule has 1 amide bonds. The Balaban J connectivity index is 1.33. The zero-order valence-electron chi connectivity index (χ0n) is 17.7. The number of rotatable bonds is 10. The largest absolute Gasteiger partial charge is 0.493 e. The predicted molar refractivity (Wildman–Crippen MR) is 120 cm³/mol. The SMILES string of the molecule is Cc1ccccc1OCCCCn1c(CCNC(=O)c2ccco2)nc2ccccc21. The van der Waals surface area contributed by atoms with Crippen molar-refractivity contribution < 1.29 is 13.9 Å². The zero-order valence-corrected chi connectivity index (χ0v) is 17.7. The molecule has 0 saturated carbocycles. The van der Waals surface area contributed by atoms with E-state index in [1.807, 2.05) is 36.4 Å². The molecule has 6 nitrogen and oxygen atoms in total. The predicted octanol–water partition coefficient (Wildman–Crippen LogP) is 4.77. The number of nitrogens with zero attached hydrogens (tertiary/aromatic N) is 2. The van der Waals surface area contributed by atoms with Gasteiger partial charge in [-0.05, 0) is 55.7 Å². The van der Waals surface area contributed by atoms with Crippen molar-refractivity contribution in [1.82, 2.24) is 14.9 Å². The lowest BCUT2D eigenvalue weighted by Gasteiger charge is -2.11. The maximum Gasteiger partial charge on any atom is 0.286 e.